The van der Waals surface area contributed by atoms with Crippen LogP contribution in [0.2, 0.25) is 0 Å². The number of ketones is 2. The van der Waals surface area contributed by atoms with Gasteiger partial charge in [-0.2, -0.15) is 0 Å². The van der Waals surface area contributed by atoms with Gasteiger partial charge in [0.2, 0.25) is 0 Å². The summed E-state index contributed by atoms with van der Waals surface area (Å²) in [5.74, 6) is 2.65. The Balaban J connectivity index is 0.0000183. The minimum absolute atomic E-state index is 0.0916. The normalized spacial score (nSPS) is 16.1. The molecule has 0 aromatic carbocycles. The lowest BCUT2D eigenvalue weighted by Crippen LogP contribution is -2.34. The molecule has 0 spiro atoms. The maximum Gasteiger partial charge on any atom is 0.160 e. The molecule has 1 aliphatic rings. The van der Waals surface area contributed by atoms with Crippen molar-refractivity contribution in [3.8, 4) is 0 Å². The summed E-state index contributed by atoms with van der Waals surface area (Å²) in [5.41, 5.74) is 2.80. The van der Waals surface area contributed by atoms with Gasteiger partial charge >= 0.3 is 0 Å². The van der Waals surface area contributed by atoms with Gasteiger partial charge in [-0.25, -0.2) is 0 Å². The number of allylic oxidation sites excluding steroid dienone is 6. The molecule has 62 heavy (non-hydrogen) atoms. The van der Waals surface area contributed by atoms with Gasteiger partial charge in [0.05, 0.1) is 13.2 Å². The summed E-state index contributed by atoms with van der Waals surface area (Å²) in [5, 5.41) is 0. The molecule has 1 fully saturated rings. The van der Waals surface area contributed by atoms with Crippen LogP contribution in [0.25, 0.3) is 0 Å². The first-order chi connectivity index (χ1) is 29.9. The van der Waals surface area contributed by atoms with Crippen LogP contribution in [0.3, 0.4) is 0 Å². The molecule has 0 aromatic rings. The third kappa shape index (κ3) is 30.0. The summed E-state index contributed by atoms with van der Waals surface area (Å²) in [7, 11) is 0. The van der Waals surface area contributed by atoms with Crippen LogP contribution < -0.4 is 0 Å². The number of carbonyl (C=O) groups is 2. The molecule has 0 amide bonds. The number of rotatable bonds is 40. The molecule has 0 aliphatic carbocycles. The SMILES string of the molecule is C=C=C(OCCCC(CCCCC)CCCCC)C(C)(C)CCCCN1C[C@@H](/C=C/C(=O)CCC/C=C/C)C[C@H]1COCCCCCCC(C)(C)C(=O)/C=C\CCCCC.CC. The molecule has 0 radical (unpaired) electrons. The Labute approximate surface area is 386 Å². The third-order valence-electron chi connectivity index (χ3n) is 12.9. The van der Waals surface area contributed by atoms with E-state index in [9.17, 15) is 9.59 Å². The molecule has 0 aromatic heterocycles. The highest BCUT2D eigenvalue weighted by molar-refractivity contribution is 5.94. The first-order valence-electron chi connectivity index (χ1n) is 26.3. The Morgan fingerprint density at radius 3 is 2.00 bits per heavy atom. The molecule has 2 atom stereocenters. The molecule has 0 N–H and O–H groups in total. The fourth-order valence-corrected chi connectivity index (χ4v) is 8.72. The van der Waals surface area contributed by atoms with Crippen LogP contribution in [0.15, 0.2) is 54.5 Å². The molecular weight excluding hydrogens is 763 g/mol. The van der Waals surface area contributed by atoms with E-state index in [1.165, 1.54) is 77.0 Å². The Morgan fingerprint density at radius 1 is 0.726 bits per heavy atom. The second-order valence-electron chi connectivity index (χ2n) is 19.5. The van der Waals surface area contributed by atoms with E-state index < -0.39 is 0 Å². The van der Waals surface area contributed by atoms with Gasteiger partial charge in [0.1, 0.15) is 5.76 Å². The van der Waals surface area contributed by atoms with Crippen molar-refractivity contribution in [1.82, 2.24) is 4.90 Å². The van der Waals surface area contributed by atoms with Crippen molar-refractivity contribution in [3.05, 3.63) is 54.5 Å². The van der Waals surface area contributed by atoms with Crippen LogP contribution in [0.1, 0.15) is 236 Å². The van der Waals surface area contributed by atoms with Crippen molar-refractivity contribution in [3.63, 3.8) is 0 Å². The average Bonchev–Trinajstić information content (AvgIpc) is 3.65. The number of likely N-dealkylation sites (tertiary alicyclic amines) is 1. The fourth-order valence-electron chi connectivity index (χ4n) is 8.72. The zero-order valence-corrected chi connectivity index (χ0v) is 42.9. The van der Waals surface area contributed by atoms with E-state index in [4.69, 9.17) is 9.47 Å². The van der Waals surface area contributed by atoms with Crippen LogP contribution in [0.5, 0.6) is 0 Å². The van der Waals surface area contributed by atoms with Crippen LogP contribution in [0, 0.1) is 22.7 Å². The highest BCUT2D eigenvalue weighted by Gasteiger charge is 2.31. The number of hydrogen-bond acceptors (Lipinski definition) is 5. The van der Waals surface area contributed by atoms with Gasteiger partial charge in [0.25, 0.3) is 0 Å². The summed E-state index contributed by atoms with van der Waals surface area (Å²) in [6.07, 6.45) is 42.0. The van der Waals surface area contributed by atoms with Crippen LogP contribution in [-0.4, -0.2) is 55.4 Å². The molecule has 1 rings (SSSR count). The van der Waals surface area contributed by atoms with E-state index in [2.05, 4.69) is 90.0 Å². The predicted octanol–water partition coefficient (Wildman–Crippen LogP) is 16.7. The van der Waals surface area contributed by atoms with Gasteiger partial charge < -0.3 is 9.47 Å². The number of unbranched alkanes of at least 4 members (excludes halogenated alkanes) is 12. The van der Waals surface area contributed by atoms with E-state index in [1.54, 1.807) is 0 Å². The molecular formula is C57H103NO4. The lowest BCUT2D eigenvalue weighted by Gasteiger charge is -2.28. The summed E-state index contributed by atoms with van der Waals surface area (Å²) < 4.78 is 12.7. The Hall–Kier alpha value is -2.20. The Kier molecular flexibility index (Phi) is 37.8. The molecule has 1 aliphatic heterocycles. The molecule has 1 saturated heterocycles. The first-order valence-corrected chi connectivity index (χ1v) is 26.3. The van der Waals surface area contributed by atoms with Crippen molar-refractivity contribution < 1.29 is 19.1 Å². The van der Waals surface area contributed by atoms with Crippen LogP contribution >= 0.6 is 0 Å². The standard InChI is InChI=1S/C55H97NO4.C2H6/c1-10-15-19-21-27-37-52(58)54(6,7)40-28-22-23-31-43-59-47-50-45-49(38-39-51(57)36-26-20-16-11-2)46-56(50)42-30-29-41-55(8,9)53(14-5)60-44-32-35-48(33-24-17-12-3)34-25-18-13-4;1-2/h11,16,27,37-39,48-50H,5,10,12-13,15,17-26,28-36,40-47H2,1-4,6-9H3;1-2H3/b16-11+,37-27-,39-38+;/t49-,50-;/m0./s1. The first kappa shape index (κ1) is 59.8. The minimum atomic E-state index is -0.287. The second-order valence-corrected chi connectivity index (χ2v) is 19.5. The second kappa shape index (κ2) is 39.2. The Bertz CT molecular complexity index is 1230. The lowest BCUT2D eigenvalue weighted by molar-refractivity contribution is -0.122. The molecule has 5 nitrogen and oxygen atoms in total. The van der Waals surface area contributed by atoms with E-state index in [-0.39, 0.29) is 22.4 Å². The molecule has 360 valence electrons. The lowest BCUT2D eigenvalue weighted by atomic mass is 9.82. The molecule has 0 bridgehead atoms. The highest BCUT2D eigenvalue weighted by Crippen LogP contribution is 2.34. The molecule has 0 saturated carbocycles. The summed E-state index contributed by atoms with van der Waals surface area (Å²) in [4.78, 5) is 28.0. The highest BCUT2D eigenvalue weighted by atomic mass is 16.5. The minimum Gasteiger partial charge on any atom is -0.489 e. The summed E-state index contributed by atoms with van der Waals surface area (Å²) in [6.45, 7) is 30.0. The van der Waals surface area contributed by atoms with Crippen molar-refractivity contribution in [1.29, 1.82) is 0 Å². The van der Waals surface area contributed by atoms with Crippen molar-refractivity contribution in [2.45, 2.75) is 242 Å². The van der Waals surface area contributed by atoms with Crippen molar-refractivity contribution in [2.24, 2.45) is 22.7 Å². The van der Waals surface area contributed by atoms with Gasteiger partial charge in [-0.1, -0.05) is 189 Å². The molecule has 1 heterocycles. The van der Waals surface area contributed by atoms with Gasteiger partial charge in [-0.3, -0.25) is 14.5 Å². The molecule has 5 heteroatoms. The smallest absolute Gasteiger partial charge is 0.160 e. The largest absolute Gasteiger partial charge is 0.489 e. The maximum absolute atomic E-state index is 12.8. The van der Waals surface area contributed by atoms with E-state index >= 15 is 0 Å². The van der Waals surface area contributed by atoms with Crippen LogP contribution in [-0.2, 0) is 19.1 Å². The van der Waals surface area contributed by atoms with E-state index in [0.29, 0.717) is 18.4 Å². The predicted molar refractivity (Wildman–Crippen MR) is 271 cm³/mol. The zero-order chi connectivity index (χ0) is 46.3. The quantitative estimate of drug-likeness (QED) is 0.0202. The number of ether oxygens (including phenoxy) is 2. The summed E-state index contributed by atoms with van der Waals surface area (Å²) in [6, 6.07) is 0.374. The van der Waals surface area contributed by atoms with E-state index in [1.807, 2.05) is 32.9 Å². The van der Waals surface area contributed by atoms with Crippen molar-refractivity contribution in [2.75, 3.05) is 32.9 Å². The molecule has 0 unspecified atom stereocenters. The number of nitrogens with zero attached hydrogens (tertiary/aromatic N) is 1. The van der Waals surface area contributed by atoms with Crippen LogP contribution in [0.4, 0.5) is 0 Å². The third-order valence-corrected chi connectivity index (χ3v) is 12.9. The summed E-state index contributed by atoms with van der Waals surface area (Å²) >= 11 is 0. The zero-order valence-electron chi connectivity index (χ0n) is 42.9. The maximum atomic E-state index is 12.8. The van der Waals surface area contributed by atoms with Gasteiger partial charge in [0, 0.05) is 36.4 Å². The van der Waals surface area contributed by atoms with Gasteiger partial charge in [-0.15, -0.1) is 0 Å². The number of hydrogen-bond donors (Lipinski definition) is 0. The van der Waals surface area contributed by atoms with Gasteiger partial charge in [-0.05, 0) is 108 Å². The topological polar surface area (TPSA) is 55.8 Å². The van der Waals surface area contributed by atoms with Gasteiger partial charge in [0.15, 0.2) is 11.6 Å². The number of carbonyl (C=O) groups excluding carboxylic acids is 2. The monoisotopic (exact) mass is 866 g/mol. The Morgan fingerprint density at radius 2 is 1.34 bits per heavy atom. The van der Waals surface area contributed by atoms with E-state index in [0.717, 1.165) is 128 Å². The van der Waals surface area contributed by atoms with Crippen molar-refractivity contribution >= 4 is 11.6 Å². The average molecular weight is 866 g/mol. The fraction of sp³-hybridized carbons (Fsp3) is 0.807.